The highest BCUT2D eigenvalue weighted by Crippen LogP contribution is 2.15. The van der Waals surface area contributed by atoms with E-state index < -0.39 is 5.97 Å². The molecule has 6 nitrogen and oxygen atoms in total. The summed E-state index contributed by atoms with van der Waals surface area (Å²) in [6, 6.07) is 7.44. The maximum atomic E-state index is 11.7. The van der Waals surface area contributed by atoms with Crippen molar-refractivity contribution in [3.63, 3.8) is 0 Å². The number of aryl methyl sites for hydroxylation is 1. The Kier molecular flexibility index (Phi) is 4.92. The lowest BCUT2D eigenvalue weighted by molar-refractivity contribution is -0.138. The second kappa shape index (κ2) is 6.88. The number of carbonyl (C=O) groups excluding carboxylic acids is 1. The number of carboxylic acids is 1. The van der Waals surface area contributed by atoms with Crippen LogP contribution < -0.4 is 5.32 Å². The number of nitrogens with one attached hydrogen (secondary N) is 1. The van der Waals surface area contributed by atoms with Crippen LogP contribution in [-0.4, -0.2) is 28.5 Å². The Hall–Kier alpha value is -2.37. The summed E-state index contributed by atoms with van der Waals surface area (Å²) in [5.74, 6) is -0.543. The summed E-state index contributed by atoms with van der Waals surface area (Å²) in [6.45, 7) is 2.15. The Morgan fingerprint density at radius 3 is 2.86 bits per heavy atom. The van der Waals surface area contributed by atoms with Crippen molar-refractivity contribution in [3.05, 3.63) is 30.2 Å². The lowest BCUT2D eigenvalue weighted by Crippen LogP contribution is -2.29. The summed E-state index contributed by atoms with van der Waals surface area (Å²) in [7, 11) is 0. The first kappa shape index (κ1) is 15.0. The number of carbonyl (C=O) groups is 2. The zero-order chi connectivity index (χ0) is 15.2. The summed E-state index contributed by atoms with van der Waals surface area (Å²) in [4.78, 5) is 26.5. The summed E-state index contributed by atoms with van der Waals surface area (Å²) in [6.07, 6.45) is 0.742. The number of carboxylic acid groups (broad SMARTS) is 1. The molecule has 21 heavy (non-hydrogen) atoms. The summed E-state index contributed by atoms with van der Waals surface area (Å²) < 4.78 is 5.53. The Bertz CT molecular complexity index is 602. The monoisotopic (exact) mass is 290 g/mol. The molecule has 0 saturated heterocycles. The van der Waals surface area contributed by atoms with E-state index in [1.165, 1.54) is 0 Å². The summed E-state index contributed by atoms with van der Waals surface area (Å²) in [5.41, 5.74) is 1.49. The molecule has 0 saturated carbocycles. The second-order valence-corrected chi connectivity index (χ2v) is 5.08. The number of benzene rings is 1. The maximum absolute atomic E-state index is 11.7. The Labute approximate surface area is 122 Å². The van der Waals surface area contributed by atoms with Crippen molar-refractivity contribution >= 4 is 23.0 Å². The van der Waals surface area contributed by atoms with Crippen LogP contribution in [0, 0.1) is 5.92 Å². The maximum Gasteiger partial charge on any atom is 0.303 e. The van der Waals surface area contributed by atoms with Crippen molar-refractivity contribution in [2.75, 3.05) is 6.54 Å². The second-order valence-electron chi connectivity index (χ2n) is 5.08. The molecular formula is C15H18N2O4. The number of hydrogen-bond donors (Lipinski definition) is 2. The van der Waals surface area contributed by atoms with Gasteiger partial charge in [-0.15, -0.1) is 0 Å². The first-order valence-electron chi connectivity index (χ1n) is 6.87. The number of aromatic nitrogens is 1. The molecule has 0 aliphatic heterocycles. The van der Waals surface area contributed by atoms with E-state index in [2.05, 4.69) is 10.3 Å². The molecule has 0 radical (unpaired) electrons. The predicted octanol–water partition coefficient (Wildman–Crippen LogP) is 1.99. The van der Waals surface area contributed by atoms with Crippen LogP contribution in [0.1, 0.15) is 25.7 Å². The molecule has 1 amide bonds. The number of amides is 1. The minimum Gasteiger partial charge on any atom is -0.481 e. The number of nitrogens with zero attached hydrogens (tertiary/aromatic N) is 1. The number of oxazole rings is 1. The molecule has 1 aromatic heterocycles. The van der Waals surface area contributed by atoms with Gasteiger partial charge in [-0.2, -0.15) is 0 Å². The average molecular weight is 290 g/mol. The van der Waals surface area contributed by atoms with Crippen molar-refractivity contribution in [1.29, 1.82) is 0 Å². The van der Waals surface area contributed by atoms with Crippen molar-refractivity contribution < 1.29 is 19.1 Å². The molecule has 2 aromatic rings. The third-order valence-electron chi connectivity index (χ3n) is 3.07. The number of rotatable bonds is 7. The highest BCUT2D eigenvalue weighted by atomic mass is 16.4. The van der Waals surface area contributed by atoms with Crippen LogP contribution >= 0.6 is 0 Å². The van der Waals surface area contributed by atoms with Crippen molar-refractivity contribution in [2.45, 2.75) is 26.2 Å². The molecule has 1 aromatic carbocycles. The highest BCUT2D eigenvalue weighted by molar-refractivity contribution is 5.76. The standard InChI is InChI=1S/C15H18N2O4/c1-10(8-15(19)20)9-16-13(18)6-7-14-17-11-4-2-3-5-12(11)21-14/h2-5,10H,6-9H2,1H3,(H,16,18)(H,19,20). The molecule has 0 aliphatic rings. The number of fused-ring (bicyclic) bond motifs is 1. The van der Waals surface area contributed by atoms with Gasteiger partial charge in [0.2, 0.25) is 5.91 Å². The van der Waals surface area contributed by atoms with Crippen LogP contribution in [0.3, 0.4) is 0 Å². The van der Waals surface area contributed by atoms with Gasteiger partial charge in [0.25, 0.3) is 0 Å². The van der Waals surface area contributed by atoms with E-state index in [1.807, 2.05) is 24.3 Å². The molecule has 112 valence electrons. The predicted molar refractivity (Wildman–Crippen MR) is 76.8 cm³/mol. The smallest absolute Gasteiger partial charge is 0.303 e. The highest BCUT2D eigenvalue weighted by Gasteiger charge is 2.11. The van der Waals surface area contributed by atoms with Crippen molar-refractivity contribution in [1.82, 2.24) is 10.3 Å². The van der Waals surface area contributed by atoms with Gasteiger partial charge in [0, 0.05) is 25.8 Å². The molecule has 0 fully saturated rings. The van der Waals surface area contributed by atoms with Gasteiger partial charge >= 0.3 is 5.97 Å². The van der Waals surface area contributed by atoms with Gasteiger partial charge < -0.3 is 14.8 Å². The Morgan fingerprint density at radius 2 is 2.14 bits per heavy atom. The molecule has 0 spiro atoms. The normalized spacial score (nSPS) is 12.2. The Morgan fingerprint density at radius 1 is 1.38 bits per heavy atom. The molecule has 1 heterocycles. The van der Waals surface area contributed by atoms with Crippen LogP contribution in [0.5, 0.6) is 0 Å². The largest absolute Gasteiger partial charge is 0.481 e. The molecule has 2 N–H and O–H groups in total. The molecular weight excluding hydrogens is 272 g/mol. The van der Waals surface area contributed by atoms with Gasteiger partial charge in [-0.25, -0.2) is 4.98 Å². The zero-order valence-corrected chi connectivity index (χ0v) is 11.8. The van der Waals surface area contributed by atoms with Crippen LogP contribution in [0.2, 0.25) is 0 Å². The first-order valence-corrected chi connectivity index (χ1v) is 6.87. The molecule has 6 heteroatoms. The van der Waals surface area contributed by atoms with Gasteiger partial charge in [-0.05, 0) is 18.1 Å². The minimum absolute atomic E-state index is 0.0470. The SMILES string of the molecule is CC(CNC(=O)CCc1nc2ccccc2o1)CC(=O)O. The van der Waals surface area contributed by atoms with Gasteiger partial charge in [-0.1, -0.05) is 19.1 Å². The lowest BCUT2D eigenvalue weighted by Gasteiger charge is -2.09. The van der Waals surface area contributed by atoms with Gasteiger partial charge in [0.05, 0.1) is 0 Å². The first-order chi connectivity index (χ1) is 10.0. The van der Waals surface area contributed by atoms with Crippen LogP contribution in [-0.2, 0) is 16.0 Å². The lowest BCUT2D eigenvalue weighted by atomic mass is 10.1. The van der Waals surface area contributed by atoms with Crippen LogP contribution in [0.25, 0.3) is 11.1 Å². The van der Waals surface area contributed by atoms with E-state index in [1.54, 1.807) is 6.92 Å². The molecule has 2 rings (SSSR count). The van der Waals surface area contributed by atoms with E-state index in [0.29, 0.717) is 24.4 Å². The molecule has 1 unspecified atom stereocenters. The van der Waals surface area contributed by atoms with Crippen LogP contribution in [0.4, 0.5) is 0 Å². The fraction of sp³-hybridized carbons (Fsp3) is 0.400. The van der Waals surface area contributed by atoms with E-state index in [9.17, 15) is 9.59 Å². The minimum atomic E-state index is -0.858. The molecule has 0 bridgehead atoms. The van der Waals surface area contributed by atoms with Gasteiger partial charge in [0.1, 0.15) is 5.52 Å². The third kappa shape index (κ3) is 4.59. The van der Waals surface area contributed by atoms with Gasteiger partial charge in [0.15, 0.2) is 11.5 Å². The topological polar surface area (TPSA) is 92.4 Å². The van der Waals surface area contributed by atoms with Crippen molar-refractivity contribution in [2.24, 2.45) is 5.92 Å². The quantitative estimate of drug-likeness (QED) is 0.813. The zero-order valence-electron chi connectivity index (χ0n) is 11.8. The average Bonchev–Trinajstić information content (AvgIpc) is 2.85. The number of aliphatic carboxylic acids is 1. The Balaban J connectivity index is 1.77. The number of hydrogen-bond acceptors (Lipinski definition) is 4. The van der Waals surface area contributed by atoms with Gasteiger partial charge in [-0.3, -0.25) is 9.59 Å². The van der Waals surface area contributed by atoms with Crippen LogP contribution in [0.15, 0.2) is 28.7 Å². The van der Waals surface area contributed by atoms with E-state index >= 15 is 0 Å². The summed E-state index contributed by atoms with van der Waals surface area (Å²) >= 11 is 0. The van der Waals surface area contributed by atoms with E-state index in [0.717, 1.165) is 5.52 Å². The third-order valence-corrected chi connectivity index (χ3v) is 3.07. The van der Waals surface area contributed by atoms with E-state index in [-0.39, 0.29) is 24.7 Å². The fourth-order valence-electron chi connectivity index (χ4n) is 1.99. The number of para-hydroxylation sites is 2. The molecule has 1 atom stereocenters. The fourth-order valence-corrected chi connectivity index (χ4v) is 1.99. The van der Waals surface area contributed by atoms with E-state index in [4.69, 9.17) is 9.52 Å². The summed E-state index contributed by atoms with van der Waals surface area (Å²) in [5, 5.41) is 11.4. The molecule has 0 aliphatic carbocycles. The van der Waals surface area contributed by atoms with Crippen molar-refractivity contribution in [3.8, 4) is 0 Å².